The predicted molar refractivity (Wildman–Crippen MR) is 200 cm³/mol. The molecule has 3 rings (SSSR count). The lowest BCUT2D eigenvalue weighted by molar-refractivity contribution is -0.384. The van der Waals surface area contributed by atoms with Crippen LogP contribution in [-0.2, 0) is 47.9 Å². The van der Waals surface area contributed by atoms with Gasteiger partial charge in [-0.05, 0) is 44.2 Å². The number of aromatic nitrogens is 2. The number of nitrogens with two attached hydrogens (primary N) is 1. The number of imidazole rings is 1. The summed E-state index contributed by atoms with van der Waals surface area (Å²) in [5.74, 6) is -4.30. The maximum absolute atomic E-state index is 14.7. The molecule has 4 amide bonds. The molecule has 1 heterocycles. The van der Waals surface area contributed by atoms with Crippen LogP contribution in [0.15, 0.2) is 67.1 Å². The van der Waals surface area contributed by atoms with Crippen molar-refractivity contribution in [3.63, 3.8) is 0 Å². The highest BCUT2D eigenvalue weighted by molar-refractivity contribution is 6.03. The standard InChI is InChI=1S/C38H51N7O10/c1-7-23(2)33(36(50)54-6)44(32(47)20-31(46)28(39)17-25-13-15-27(16-14-25)45(52)53)35(49)30(19-26-21-40-22-41-26)42-34(48)29(18-24-11-9-8-10-12-24)43-37(51)55-38(3,4)5/h8-16,21-23,28-31,33,46H,7,17-20,39H2,1-6H3,(H,40,41)(H,42,48)(H,43,51)/t23-,28-,29+,30-,31?,33-/m0/s1. The summed E-state index contributed by atoms with van der Waals surface area (Å²) in [6, 6.07) is 9.07. The summed E-state index contributed by atoms with van der Waals surface area (Å²) in [4.78, 5) is 87.4. The summed E-state index contributed by atoms with van der Waals surface area (Å²) in [6.07, 6.45) is -0.129. The third kappa shape index (κ3) is 13.3. The molecule has 0 aliphatic rings. The van der Waals surface area contributed by atoms with E-state index in [1.165, 1.54) is 36.8 Å². The molecule has 0 spiro atoms. The lowest BCUT2D eigenvalue weighted by Gasteiger charge is -2.35. The number of aromatic amines is 1. The summed E-state index contributed by atoms with van der Waals surface area (Å²) >= 11 is 0. The van der Waals surface area contributed by atoms with E-state index >= 15 is 0 Å². The Morgan fingerprint density at radius 2 is 1.62 bits per heavy atom. The number of non-ortho nitro benzene ring substituents is 1. The van der Waals surface area contributed by atoms with Crippen molar-refractivity contribution in [3.8, 4) is 0 Å². The molecule has 1 unspecified atom stereocenters. The average Bonchev–Trinajstić information content (AvgIpc) is 3.65. The molecular formula is C38H51N7O10. The van der Waals surface area contributed by atoms with Crippen LogP contribution in [0.2, 0.25) is 0 Å². The monoisotopic (exact) mass is 765 g/mol. The molecule has 0 saturated heterocycles. The van der Waals surface area contributed by atoms with E-state index in [-0.39, 0.29) is 24.9 Å². The number of carbonyl (C=O) groups excluding carboxylic acids is 5. The molecule has 17 heteroatoms. The van der Waals surface area contributed by atoms with Crippen LogP contribution in [0, 0.1) is 16.0 Å². The number of methoxy groups -OCH3 is 1. The minimum absolute atomic E-state index is 0.00831. The Balaban J connectivity index is 2.00. The molecule has 1 aromatic heterocycles. The van der Waals surface area contributed by atoms with Crippen molar-refractivity contribution in [2.75, 3.05) is 7.11 Å². The molecule has 0 saturated carbocycles. The number of alkyl carbamates (subject to hydrolysis) is 1. The van der Waals surface area contributed by atoms with Crippen molar-refractivity contribution >= 4 is 35.5 Å². The van der Waals surface area contributed by atoms with Gasteiger partial charge in [0.25, 0.3) is 11.6 Å². The van der Waals surface area contributed by atoms with Crippen molar-refractivity contribution in [1.82, 2.24) is 25.5 Å². The van der Waals surface area contributed by atoms with Gasteiger partial charge >= 0.3 is 12.1 Å². The maximum atomic E-state index is 14.7. The number of H-pyrrole nitrogens is 1. The average molecular weight is 766 g/mol. The van der Waals surface area contributed by atoms with Crippen LogP contribution < -0.4 is 16.4 Å². The Morgan fingerprint density at radius 3 is 2.16 bits per heavy atom. The second-order valence-electron chi connectivity index (χ2n) is 14.2. The quantitative estimate of drug-likeness (QED) is 0.0713. The summed E-state index contributed by atoms with van der Waals surface area (Å²) in [7, 11) is 1.11. The molecule has 3 aromatic rings. The molecule has 2 aromatic carbocycles. The predicted octanol–water partition coefficient (Wildman–Crippen LogP) is 2.75. The van der Waals surface area contributed by atoms with E-state index in [9.17, 15) is 39.2 Å². The number of aliphatic hydroxyl groups is 1. The Hall–Kier alpha value is -5.68. The number of rotatable bonds is 18. The van der Waals surface area contributed by atoms with E-state index in [4.69, 9.17) is 15.2 Å². The third-order valence-electron chi connectivity index (χ3n) is 8.78. The largest absolute Gasteiger partial charge is 0.467 e. The summed E-state index contributed by atoms with van der Waals surface area (Å²) in [6.45, 7) is 8.39. The Kier molecular flexibility index (Phi) is 16.0. The van der Waals surface area contributed by atoms with Crippen molar-refractivity contribution in [2.24, 2.45) is 11.7 Å². The van der Waals surface area contributed by atoms with E-state index in [1.54, 1.807) is 65.0 Å². The first-order chi connectivity index (χ1) is 25.9. The number of benzene rings is 2. The van der Waals surface area contributed by atoms with Gasteiger partial charge in [-0.15, -0.1) is 0 Å². The summed E-state index contributed by atoms with van der Waals surface area (Å²) in [5.41, 5.74) is 6.81. The van der Waals surface area contributed by atoms with Gasteiger partial charge in [0.15, 0.2) is 0 Å². The summed E-state index contributed by atoms with van der Waals surface area (Å²) in [5, 5.41) is 27.4. The number of hydrogen-bond donors (Lipinski definition) is 5. The smallest absolute Gasteiger partial charge is 0.408 e. The Bertz CT molecular complexity index is 1750. The van der Waals surface area contributed by atoms with Gasteiger partial charge in [0.1, 0.15) is 23.7 Å². The van der Waals surface area contributed by atoms with Crippen LogP contribution in [0.1, 0.15) is 64.3 Å². The number of nitrogens with one attached hydrogen (secondary N) is 3. The molecule has 17 nitrogen and oxygen atoms in total. The first kappa shape index (κ1) is 43.7. The van der Waals surface area contributed by atoms with Gasteiger partial charge in [-0.2, -0.15) is 0 Å². The van der Waals surface area contributed by atoms with Gasteiger partial charge in [0.2, 0.25) is 11.8 Å². The van der Waals surface area contributed by atoms with Crippen LogP contribution >= 0.6 is 0 Å². The minimum atomic E-state index is -1.53. The molecule has 298 valence electrons. The fraction of sp³-hybridized carbons (Fsp3) is 0.474. The summed E-state index contributed by atoms with van der Waals surface area (Å²) < 4.78 is 10.4. The van der Waals surface area contributed by atoms with Gasteiger partial charge in [0.05, 0.1) is 36.6 Å². The number of imide groups is 1. The van der Waals surface area contributed by atoms with Crippen molar-refractivity contribution in [3.05, 3.63) is 94.1 Å². The van der Waals surface area contributed by atoms with Gasteiger partial charge in [-0.3, -0.25) is 29.4 Å². The highest BCUT2D eigenvalue weighted by atomic mass is 16.6. The highest BCUT2D eigenvalue weighted by Crippen LogP contribution is 2.22. The van der Waals surface area contributed by atoms with Crippen LogP contribution in [0.25, 0.3) is 0 Å². The zero-order chi connectivity index (χ0) is 40.9. The van der Waals surface area contributed by atoms with Gasteiger partial charge in [-0.25, -0.2) is 14.6 Å². The number of amides is 4. The molecule has 0 fully saturated rings. The Morgan fingerprint density at radius 1 is 0.982 bits per heavy atom. The molecular weight excluding hydrogens is 714 g/mol. The van der Waals surface area contributed by atoms with Crippen LogP contribution in [-0.4, -0.2) is 97.7 Å². The zero-order valence-corrected chi connectivity index (χ0v) is 31.9. The van der Waals surface area contributed by atoms with Gasteiger partial charge in [-0.1, -0.05) is 62.7 Å². The number of nitro benzene ring substituents is 1. The maximum Gasteiger partial charge on any atom is 0.408 e. The number of ether oxygens (including phenoxy) is 2. The van der Waals surface area contributed by atoms with Crippen molar-refractivity contribution in [1.29, 1.82) is 0 Å². The number of hydrogen-bond acceptors (Lipinski definition) is 12. The number of aliphatic hydroxyl groups excluding tert-OH is 1. The lowest BCUT2D eigenvalue weighted by Crippen LogP contribution is -2.61. The van der Waals surface area contributed by atoms with Gasteiger partial charge in [0, 0.05) is 37.2 Å². The molecule has 0 aliphatic carbocycles. The van der Waals surface area contributed by atoms with Crippen LogP contribution in [0.3, 0.4) is 0 Å². The van der Waals surface area contributed by atoms with E-state index in [0.29, 0.717) is 28.1 Å². The topological polar surface area (TPSA) is 249 Å². The number of carbonyl (C=O) groups is 5. The van der Waals surface area contributed by atoms with E-state index in [2.05, 4.69) is 20.6 Å². The van der Waals surface area contributed by atoms with E-state index in [0.717, 1.165) is 7.11 Å². The molecule has 55 heavy (non-hydrogen) atoms. The first-order valence-corrected chi connectivity index (χ1v) is 17.9. The third-order valence-corrected chi connectivity index (χ3v) is 8.78. The first-order valence-electron chi connectivity index (χ1n) is 17.9. The van der Waals surface area contributed by atoms with E-state index in [1.807, 2.05) is 0 Å². The second-order valence-corrected chi connectivity index (χ2v) is 14.2. The molecule has 6 atom stereocenters. The van der Waals surface area contributed by atoms with Crippen molar-refractivity contribution < 1.29 is 43.5 Å². The Labute approximate surface area is 319 Å². The fourth-order valence-electron chi connectivity index (χ4n) is 5.70. The van der Waals surface area contributed by atoms with Crippen molar-refractivity contribution in [2.45, 2.75) is 103 Å². The van der Waals surface area contributed by atoms with E-state index < -0.39 is 82.9 Å². The molecule has 0 radical (unpaired) electrons. The zero-order valence-electron chi connectivity index (χ0n) is 31.9. The molecule has 0 aliphatic heterocycles. The van der Waals surface area contributed by atoms with Crippen LogP contribution in [0.4, 0.5) is 10.5 Å². The molecule has 6 N–H and O–H groups in total. The lowest BCUT2D eigenvalue weighted by atomic mass is 9.94. The van der Waals surface area contributed by atoms with Gasteiger partial charge < -0.3 is 35.9 Å². The van der Waals surface area contributed by atoms with Crippen LogP contribution in [0.5, 0.6) is 0 Å². The highest BCUT2D eigenvalue weighted by Gasteiger charge is 2.43. The minimum Gasteiger partial charge on any atom is -0.467 e. The normalized spacial score (nSPS) is 14.6. The number of nitrogens with zero attached hydrogens (tertiary/aromatic N) is 3. The fourth-order valence-corrected chi connectivity index (χ4v) is 5.70. The number of esters is 1. The SMILES string of the molecule is CC[C@H](C)[C@@H](C(=O)OC)N(C(=O)CC(O)[C@@H](N)Cc1ccc([N+](=O)[O-])cc1)C(=O)[C@H](Cc1c[nH]cn1)NC(=O)[C@@H](Cc1ccccc1)NC(=O)OC(C)(C)C. The molecule has 0 bridgehead atoms. The second kappa shape index (κ2) is 20.1. The number of nitro groups is 1.